The molecule has 41 heavy (non-hydrogen) atoms. The van der Waals surface area contributed by atoms with Crippen molar-refractivity contribution in [3.8, 4) is 11.6 Å². The largest absolute Gasteiger partial charge is 0.436 e. The minimum atomic E-state index is -0.711. The van der Waals surface area contributed by atoms with Crippen LogP contribution in [0.5, 0.6) is 11.6 Å². The van der Waals surface area contributed by atoms with Crippen molar-refractivity contribution in [3.63, 3.8) is 0 Å². The molecule has 1 saturated heterocycles. The Bertz CT molecular complexity index is 1370. The quantitative estimate of drug-likeness (QED) is 0.298. The first-order chi connectivity index (χ1) is 19.7. The highest BCUT2D eigenvalue weighted by Gasteiger charge is 2.15. The minimum Gasteiger partial charge on any atom is -0.436 e. The normalized spacial score (nSPS) is 13.0. The SMILES string of the molecule is CN(CCCN1CCCC1)C(=O)Nc1cc(Oc2ccc(NC(=S)NC(=O)Cc3ccc(F)cc3)cc2F)ncn1. The van der Waals surface area contributed by atoms with Gasteiger partial charge in [0.1, 0.15) is 18.0 Å². The number of likely N-dealkylation sites (tertiary alicyclic amines) is 1. The van der Waals surface area contributed by atoms with Crippen LogP contribution in [0.2, 0.25) is 0 Å². The van der Waals surface area contributed by atoms with Crippen molar-refractivity contribution in [2.45, 2.75) is 25.7 Å². The Morgan fingerprint density at radius 3 is 2.54 bits per heavy atom. The van der Waals surface area contributed by atoms with Gasteiger partial charge in [-0.05, 0) is 80.9 Å². The molecule has 10 nitrogen and oxygen atoms in total. The van der Waals surface area contributed by atoms with Crippen molar-refractivity contribution in [2.24, 2.45) is 0 Å². The monoisotopic (exact) mass is 583 g/mol. The van der Waals surface area contributed by atoms with E-state index in [-0.39, 0.29) is 40.7 Å². The molecule has 1 fully saturated rings. The van der Waals surface area contributed by atoms with E-state index in [9.17, 15) is 18.4 Å². The Morgan fingerprint density at radius 2 is 1.80 bits per heavy atom. The summed E-state index contributed by atoms with van der Waals surface area (Å²) in [6.45, 7) is 3.79. The van der Waals surface area contributed by atoms with Gasteiger partial charge < -0.3 is 25.2 Å². The summed E-state index contributed by atoms with van der Waals surface area (Å²) in [6, 6.07) is 10.6. The third-order valence-corrected chi connectivity index (χ3v) is 6.53. The summed E-state index contributed by atoms with van der Waals surface area (Å²) in [4.78, 5) is 36.7. The number of aromatic nitrogens is 2. The van der Waals surface area contributed by atoms with Gasteiger partial charge in [0, 0.05) is 31.4 Å². The number of hydrogen-bond donors (Lipinski definition) is 3. The number of carbonyl (C=O) groups excluding carboxylic acids is 2. The van der Waals surface area contributed by atoms with E-state index in [1.165, 1.54) is 61.6 Å². The molecular weight excluding hydrogens is 552 g/mol. The summed E-state index contributed by atoms with van der Waals surface area (Å²) < 4.78 is 33.4. The third-order valence-electron chi connectivity index (χ3n) is 6.33. The van der Waals surface area contributed by atoms with Gasteiger partial charge >= 0.3 is 6.03 Å². The van der Waals surface area contributed by atoms with Gasteiger partial charge in [-0.2, -0.15) is 0 Å². The summed E-state index contributed by atoms with van der Waals surface area (Å²) in [5.74, 6) is -1.37. The second kappa shape index (κ2) is 14.4. The van der Waals surface area contributed by atoms with Gasteiger partial charge in [0.2, 0.25) is 11.8 Å². The number of amides is 3. The molecule has 0 aliphatic carbocycles. The number of rotatable bonds is 10. The lowest BCUT2D eigenvalue weighted by Gasteiger charge is -2.20. The number of ether oxygens (including phenoxy) is 1. The molecule has 4 rings (SSSR count). The Balaban J connectivity index is 1.25. The standard InChI is InChI=1S/C28H31F2N7O3S/c1-36(11-4-14-37-12-2-3-13-37)28(39)34-24-17-26(32-18-31-24)40-23-10-9-21(16-22(23)30)33-27(41)35-25(38)15-19-5-7-20(29)8-6-19/h5-10,16-18H,2-4,11-15H2,1H3,(H,31,32,34,39)(H2,33,35,38,41). The van der Waals surface area contributed by atoms with Crippen molar-refractivity contribution in [1.82, 2.24) is 25.1 Å². The van der Waals surface area contributed by atoms with Crippen LogP contribution in [0.3, 0.4) is 0 Å². The minimum absolute atomic E-state index is 0.000356. The molecule has 1 aromatic heterocycles. The fourth-order valence-electron chi connectivity index (χ4n) is 4.20. The summed E-state index contributed by atoms with van der Waals surface area (Å²) >= 11 is 5.13. The molecule has 13 heteroatoms. The predicted molar refractivity (Wildman–Crippen MR) is 155 cm³/mol. The first kappa shape index (κ1) is 29.7. The first-order valence-electron chi connectivity index (χ1n) is 13.1. The number of hydrogen-bond acceptors (Lipinski definition) is 7. The molecule has 3 aromatic rings. The van der Waals surface area contributed by atoms with Crippen molar-refractivity contribution in [3.05, 3.63) is 72.1 Å². The summed E-state index contributed by atoms with van der Waals surface area (Å²) in [7, 11) is 1.71. The second-order valence-corrected chi connectivity index (χ2v) is 9.96. The van der Waals surface area contributed by atoms with Crippen LogP contribution < -0.4 is 20.7 Å². The molecule has 3 amide bonds. The van der Waals surface area contributed by atoms with E-state index in [0.29, 0.717) is 12.1 Å². The van der Waals surface area contributed by atoms with Crippen LogP contribution >= 0.6 is 12.2 Å². The number of urea groups is 1. The van der Waals surface area contributed by atoms with Crippen molar-refractivity contribution in [1.29, 1.82) is 0 Å². The molecule has 0 bridgehead atoms. The molecule has 0 spiro atoms. The molecular formula is C28H31F2N7O3S. The van der Waals surface area contributed by atoms with Gasteiger partial charge in [-0.25, -0.2) is 23.5 Å². The molecule has 1 aliphatic heterocycles. The van der Waals surface area contributed by atoms with Gasteiger partial charge in [0.05, 0.1) is 6.42 Å². The second-order valence-electron chi connectivity index (χ2n) is 9.55. The summed E-state index contributed by atoms with van der Waals surface area (Å²) in [5.41, 5.74) is 0.900. The van der Waals surface area contributed by atoms with E-state index in [2.05, 4.69) is 30.8 Å². The summed E-state index contributed by atoms with van der Waals surface area (Å²) in [6.07, 6.45) is 4.54. The number of nitrogens with zero attached hydrogens (tertiary/aromatic N) is 4. The van der Waals surface area contributed by atoms with Crippen molar-refractivity contribution >= 4 is 40.8 Å². The number of nitrogens with one attached hydrogen (secondary N) is 3. The maximum Gasteiger partial charge on any atom is 0.322 e. The Hall–Kier alpha value is -4.23. The van der Waals surface area contributed by atoms with Crippen LogP contribution in [-0.4, -0.2) is 70.0 Å². The van der Waals surface area contributed by atoms with E-state index in [0.717, 1.165) is 32.1 Å². The number of benzene rings is 2. The van der Waals surface area contributed by atoms with Crippen LogP contribution in [0, 0.1) is 11.6 Å². The van der Waals surface area contributed by atoms with Gasteiger partial charge in [-0.1, -0.05) is 12.1 Å². The first-order valence-corrected chi connectivity index (χ1v) is 13.6. The lowest BCUT2D eigenvalue weighted by molar-refractivity contribution is -0.119. The number of carbonyl (C=O) groups is 2. The molecule has 1 aliphatic rings. The maximum absolute atomic E-state index is 14.8. The lowest BCUT2D eigenvalue weighted by Crippen LogP contribution is -2.35. The smallest absolute Gasteiger partial charge is 0.322 e. The predicted octanol–water partition coefficient (Wildman–Crippen LogP) is 4.55. The highest BCUT2D eigenvalue weighted by Crippen LogP contribution is 2.26. The van der Waals surface area contributed by atoms with Crippen LogP contribution in [0.1, 0.15) is 24.8 Å². The van der Waals surface area contributed by atoms with Crippen LogP contribution in [0.15, 0.2) is 54.9 Å². The Kier molecular flexibility index (Phi) is 10.5. The average molecular weight is 584 g/mol. The molecule has 2 heterocycles. The molecule has 2 aromatic carbocycles. The number of thiocarbonyl (C=S) groups is 1. The van der Waals surface area contributed by atoms with E-state index in [4.69, 9.17) is 17.0 Å². The molecule has 0 saturated carbocycles. The Morgan fingerprint density at radius 1 is 1.05 bits per heavy atom. The molecule has 3 N–H and O–H groups in total. The third kappa shape index (κ3) is 9.43. The maximum atomic E-state index is 14.8. The molecule has 0 radical (unpaired) electrons. The van der Waals surface area contributed by atoms with E-state index in [1.54, 1.807) is 11.9 Å². The zero-order valence-corrected chi connectivity index (χ0v) is 23.3. The van der Waals surface area contributed by atoms with E-state index >= 15 is 0 Å². The summed E-state index contributed by atoms with van der Waals surface area (Å²) in [5, 5.41) is 7.90. The van der Waals surface area contributed by atoms with Crippen LogP contribution in [0.25, 0.3) is 0 Å². The van der Waals surface area contributed by atoms with Gasteiger partial charge in [0.15, 0.2) is 16.7 Å². The highest BCUT2D eigenvalue weighted by molar-refractivity contribution is 7.80. The molecule has 0 unspecified atom stereocenters. The van der Waals surface area contributed by atoms with E-state index < -0.39 is 17.5 Å². The fourth-order valence-corrected chi connectivity index (χ4v) is 4.43. The Labute approximate surface area is 242 Å². The fraction of sp³-hybridized carbons (Fsp3) is 0.321. The number of anilines is 2. The topological polar surface area (TPSA) is 112 Å². The van der Waals surface area contributed by atoms with Gasteiger partial charge in [0.25, 0.3) is 0 Å². The average Bonchev–Trinajstić information content (AvgIpc) is 3.45. The highest BCUT2D eigenvalue weighted by atomic mass is 32.1. The molecule has 0 atom stereocenters. The number of halogens is 2. The van der Waals surface area contributed by atoms with Crippen LogP contribution in [0.4, 0.5) is 25.1 Å². The van der Waals surface area contributed by atoms with E-state index in [1.807, 2.05) is 0 Å². The van der Waals surface area contributed by atoms with Gasteiger partial charge in [-0.15, -0.1) is 0 Å². The lowest BCUT2D eigenvalue weighted by atomic mass is 10.1. The molecule has 216 valence electrons. The van der Waals surface area contributed by atoms with Crippen molar-refractivity contribution < 1.29 is 23.1 Å². The van der Waals surface area contributed by atoms with Crippen molar-refractivity contribution in [2.75, 3.05) is 43.9 Å². The zero-order valence-electron chi connectivity index (χ0n) is 22.5. The zero-order chi connectivity index (χ0) is 29.2. The van der Waals surface area contributed by atoms with Crippen LogP contribution in [-0.2, 0) is 11.2 Å². The van der Waals surface area contributed by atoms with Gasteiger partial charge in [-0.3, -0.25) is 10.1 Å².